The molecule has 110 valence electrons. The first-order chi connectivity index (χ1) is 9.43. The van der Waals surface area contributed by atoms with Gasteiger partial charge in [-0.1, -0.05) is 0 Å². The normalized spacial score (nSPS) is 11.2. The van der Waals surface area contributed by atoms with Crippen LogP contribution in [0.4, 0.5) is 5.69 Å². The van der Waals surface area contributed by atoms with Crippen molar-refractivity contribution in [2.75, 3.05) is 18.0 Å². The summed E-state index contributed by atoms with van der Waals surface area (Å²) in [6.45, 7) is 10.2. The van der Waals surface area contributed by atoms with E-state index < -0.39 is 0 Å². The second-order valence-electron chi connectivity index (χ2n) is 5.55. The maximum Gasteiger partial charge on any atom is 0.268 e. The third-order valence-electron chi connectivity index (χ3n) is 3.46. The molecule has 1 aromatic heterocycles. The standard InChI is InChI=1S/C15H24N4O/c1-5-18(6-2)13-10-14(20)19(17-11-13)9-7-8-15(3,4)12-16/h10-11H,5-9H2,1-4H3. The van der Waals surface area contributed by atoms with Crippen LogP contribution >= 0.6 is 0 Å². The monoisotopic (exact) mass is 276 g/mol. The molecule has 1 rings (SSSR count). The number of nitriles is 1. The Morgan fingerprint density at radius 2 is 2.05 bits per heavy atom. The van der Waals surface area contributed by atoms with Crippen molar-refractivity contribution in [2.24, 2.45) is 5.41 Å². The van der Waals surface area contributed by atoms with E-state index in [1.807, 2.05) is 13.8 Å². The van der Waals surface area contributed by atoms with E-state index in [1.165, 1.54) is 4.68 Å². The van der Waals surface area contributed by atoms with Gasteiger partial charge in [-0.05, 0) is 40.5 Å². The molecule has 0 amide bonds. The number of hydrogen-bond donors (Lipinski definition) is 0. The van der Waals surface area contributed by atoms with E-state index >= 15 is 0 Å². The molecule has 0 fully saturated rings. The predicted molar refractivity (Wildman–Crippen MR) is 80.7 cm³/mol. The molecule has 0 radical (unpaired) electrons. The average Bonchev–Trinajstić information content (AvgIpc) is 2.42. The van der Waals surface area contributed by atoms with Gasteiger partial charge in [-0.3, -0.25) is 4.79 Å². The summed E-state index contributed by atoms with van der Waals surface area (Å²) in [5, 5.41) is 13.2. The molecule has 0 aliphatic heterocycles. The topological polar surface area (TPSA) is 61.9 Å². The minimum atomic E-state index is -0.342. The minimum absolute atomic E-state index is 0.0795. The van der Waals surface area contributed by atoms with Crippen LogP contribution in [0, 0.1) is 16.7 Å². The van der Waals surface area contributed by atoms with Gasteiger partial charge in [0.25, 0.3) is 5.56 Å². The lowest BCUT2D eigenvalue weighted by atomic mass is 9.90. The van der Waals surface area contributed by atoms with Gasteiger partial charge in [-0.2, -0.15) is 10.4 Å². The van der Waals surface area contributed by atoms with Gasteiger partial charge in [0.05, 0.1) is 23.4 Å². The van der Waals surface area contributed by atoms with E-state index in [-0.39, 0.29) is 11.0 Å². The molecule has 5 nitrogen and oxygen atoms in total. The number of rotatable bonds is 7. The van der Waals surface area contributed by atoms with E-state index in [0.29, 0.717) is 6.54 Å². The molecule has 0 bridgehead atoms. The Labute approximate surface area is 120 Å². The van der Waals surface area contributed by atoms with Crippen LogP contribution in [0.2, 0.25) is 0 Å². The lowest BCUT2D eigenvalue weighted by Crippen LogP contribution is -2.28. The first kappa shape index (κ1) is 16.2. The highest BCUT2D eigenvalue weighted by atomic mass is 16.1. The minimum Gasteiger partial charge on any atom is -0.371 e. The molecule has 0 aromatic carbocycles. The van der Waals surface area contributed by atoms with Gasteiger partial charge >= 0.3 is 0 Å². The molecular formula is C15H24N4O. The zero-order valence-electron chi connectivity index (χ0n) is 12.9. The molecule has 0 atom stereocenters. The molecular weight excluding hydrogens is 252 g/mol. The molecule has 20 heavy (non-hydrogen) atoms. The van der Waals surface area contributed by atoms with Crippen molar-refractivity contribution in [2.45, 2.75) is 47.1 Å². The third-order valence-corrected chi connectivity index (χ3v) is 3.46. The molecule has 1 aromatic rings. The summed E-state index contributed by atoms with van der Waals surface area (Å²) in [6.07, 6.45) is 3.28. The average molecular weight is 276 g/mol. The van der Waals surface area contributed by atoms with Crippen molar-refractivity contribution in [1.29, 1.82) is 5.26 Å². The van der Waals surface area contributed by atoms with Crippen molar-refractivity contribution in [3.05, 3.63) is 22.6 Å². The number of aryl methyl sites for hydroxylation is 1. The fraction of sp³-hybridized carbons (Fsp3) is 0.667. The molecule has 0 unspecified atom stereocenters. The van der Waals surface area contributed by atoms with Gasteiger partial charge in [-0.15, -0.1) is 0 Å². The van der Waals surface area contributed by atoms with Gasteiger partial charge in [0, 0.05) is 25.7 Å². The second-order valence-corrected chi connectivity index (χ2v) is 5.55. The Morgan fingerprint density at radius 1 is 1.40 bits per heavy atom. The zero-order chi connectivity index (χ0) is 15.2. The largest absolute Gasteiger partial charge is 0.371 e. The Bertz CT molecular complexity index is 523. The summed E-state index contributed by atoms with van der Waals surface area (Å²) in [4.78, 5) is 14.1. The molecule has 0 N–H and O–H groups in total. The SMILES string of the molecule is CCN(CC)c1cnn(CCCC(C)(C)C#N)c(=O)c1. The van der Waals surface area contributed by atoms with Crippen LogP contribution in [-0.4, -0.2) is 22.9 Å². The quantitative estimate of drug-likeness (QED) is 0.767. The van der Waals surface area contributed by atoms with Crippen LogP contribution in [0.25, 0.3) is 0 Å². The summed E-state index contributed by atoms with van der Waals surface area (Å²) in [6, 6.07) is 3.90. The molecule has 1 heterocycles. The van der Waals surface area contributed by atoms with Crippen LogP contribution < -0.4 is 10.5 Å². The first-order valence-electron chi connectivity index (χ1n) is 7.17. The third kappa shape index (κ3) is 4.37. The Morgan fingerprint density at radius 3 is 2.55 bits per heavy atom. The molecule has 0 aliphatic rings. The number of anilines is 1. The van der Waals surface area contributed by atoms with Crippen molar-refractivity contribution in [3.63, 3.8) is 0 Å². The predicted octanol–water partition coefficient (Wildman–Crippen LogP) is 2.42. The van der Waals surface area contributed by atoms with Crippen LogP contribution in [-0.2, 0) is 6.54 Å². The first-order valence-corrected chi connectivity index (χ1v) is 7.17. The van der Waals surface area contributed by atoms with Crippen LogP contribution in [0.3, 0.4) is 0 Å². The van der Waals surface area contributed by atoms with Crippen LogP contribution in [0.5, 0.6) is 0 Å². The van der Waals surface area contributed by atoms with Crippen molar-refractivity contribution >= 4 is 5.69 Å². The van der Waals surface area contributed by atoms with Gasteiger partial charge in [-0.25, -0.2) is 4.68 Å². The van der Waals surface area contributed by atoms with Gasteiger partial charge in [0.15, 0.2) is 0 Å². The van der Waals surface area contributed by atoms with Crippen molar-refractivity contribution < 1.29 is 0 Å². The van der Waals surface area contributed by atoms with Gasteiger partial charge in [0.1, 0.15) is 0 Å². The fourth-order valence-corrected chi connectivity index (χ4v) is 2.08. The summed E-state index contributed by atoms with van der Waals surface area (Å²) in [5.41, 5.74) is 0.447. The van der Waals surface area contributed by atoms with Gasteiger partial charge < -0.3 is 4.90 Å². The van der Waals surface area contributed by atoms with Crippen molar-refractivity contribution in [3.8, 4) is 6.07 Å². The maximum absolute atomic E-state index is 12.0. The Hall–Kier alpha value is -1.83. The fourth-order valence-electron chi connectivity index (χ4n) is 2.08. The highest BCUT2D eigenvalue weighted by Crippen LogP contribution is 2.20. The summed E-state index contributed by atoms with van der Waals surface area (Å²) < 4.78 is 1.47. The molecule has 0 saturated carbocycles. The molecule has 0 aliphatic carbocycles. The molecule has 5 heteroatoms. The lowest BCUT2D eigenvalue weighted by Gasteiger charge is -2.20. The van der Waals surface area contributed by atoms with E-state index in [4.69, 9.17) is 5.26 Å². The maximum atomic E-state index is 12.0. The van der Waals surface area contributed by atoms with E-state index in [2.05, 4.69) is 29.9 Å². The zero-order valence-corrected chi connectivity index (χ0v) is 12.9. The van der Waals surface area contributed by atoms with Gasteiger partial charge in [0.2, 0.25) is 0 Å². The highest BCUT2D eigenvalue weighted by Gasteiger charge is 2.16. The number of aromatic nitrogens is 2. The molecule has 0 saturated heterocycles. The second kappa shape index (κ2) is 7.09. The highest BCUT2D eigenvalue weighted by molar-refractivity contribution is 5.42. The number of hydrogen-bond acceptors (Lipinski definition) is 4. The van der Waals surface area contributed by atoms with E-state index in [1.54, 1.807) is 12.3 Å². The van der Waals surface area contributed by atoms with E-state index in [0.717, 1.165) is 31.6 Å². The summed E-state index contributed by atoms with van der Waals surface area (Å²) in [7, 11) is 0. The smallest absolute Gasteiger partial charge is 0.268 e. The van der Waals surface area contributed by atoms with E-state index in [9.17, 15) is 4.79 Å². The Balaban J connectivity index is 2.70. The Kier molecular flexibility index (Phi) is 5.75. The van der Waals surface area contributed by atoms with Crippen LogP contribution in [0.15, 0.2) is 17.1 Å². The molecule has 0 spiro atoms. The summed E-state index contributed by atoms with van der Waals surface area (Å²) >= 11 is 0. The summed E-state index contributed by atoms with van der Waals surface area (Å²) in [5.74, 6) is 0. The lowest BCUT2D eigenvalue weighted by molar-refractivity contribution is 0.402. The van der Waals surface area contributed by atoms with Crippen molar-refractivity contribution in [1.82, 2.24) is 9.78 Å². The van der Waals surface area contributed by atoms with Crippen LogP contribution in [0.1, 0.15) is 40.5 Å². The number of nitrogens with zero attached hydrogens (tertiary/aromatic N) is 4.